The van der Waals surface area contributed by atoms with Crippen molar-refractivity contribution >= 4 is 23.1 Å². The monoisotopic (exact) mass is 382 g/mol. The van der Waals surface area contributed by atoms with Gasteiger partial charge in [-0.2, -0.15) is 4.98 Å². The summed E-state index contributed by atoms with van der Waals surface area (Å²) >= 11 is 5.93. The maximum absolute atomic E-state index is 13.2. The lowest BCUT2D eigenvalue weighted by atomic mass is 10.2. The van der Waals surface area contributed by atoms with E-state index >= 15 is 0 Å². The molecule has 0 spiro atoms. The number of halogens is 2. The summed E-state index contributed by atoms with van der Waals surface area (Å²) in [5, 5.41) is 11.7. The lowest BCUT2D eigenvalue weighted by molar-refractivity contribution is -0.385. The zero-order chi connectivity index (χ0) is 18.8. The molecule has 8 nitrogen and oxygen atoms in total. The fraction of sp³-hybridized carbons (Fsp3) is 0.375. The topological polar surface area (TPSA) is 90.6 Å². The number of ether oxygens (including phenoxy) is 2. The average Bonchev–Trinajstić information content (AvgIpc) is 2.56. The van der Waals surface area contributed by atoms with Crippen molar-refractivity contribution in [2.24, 2.45) is 0 Å². The maximum Gasteiger partial charge on any atom is 0.373 e. The van der Waals surface area contributed by atoms with Gasteiger partial charge in [-0.1, -0.05) is 11.6 Å². The summed E-state index contributed by atoms with van der Waals surface area (Å²) in [6.45, 7) is 4.65. The smallest absolute Gasteiger partial charge is 0.373 e. The molecule has 1 saturated heterocycles. The van der Waals surface area contributed by atoms with Crippen LogP contribution in [0.15, 0.2) is 24.5 Å². The molecule has 1 fully saturated rings. The second-order valence-electron chi connectivity index (χ2n) is 5.95. The number of anilines is 1. The normalized spacial score (nSPS) is 20.1. The first-order valence-corrected chi connectivity index (χ1v) is 8.25. The molecule has 10 heteroatoms. The largest absolute Gasteiger partial charge is 0.432 e. The van der Waals surface area contributed by atoms with Crippen LogP contribution < -0.4 is 9.64 Å². The van der Waals surface area contributed by atoms with Gasteiger partial charge in [0.2, 0.25) is 5.82 Å². The lowest BCUT2D eigenvalue weighted by Crippen LogP contribution is -2.46. The van der Waals surface area contributed by atoms with Crippen LogP contribution in [0.3, 0.4) is 0 Å². The van der Waals surface area contributed by atoms with Crippen molar-refractivity contribution < 1.29 is 18.8 Å². The summed E-state index contributed by atoms with van der Waals surface area (Å²) in [6.07, 6.45) is 0.966. The predicted octanol–water partition coefficient (Wildman–Crippen LogP) is 3.58. The number of hydrogen-bond donors (Lipinski definition) is 0. The molecule has 0 radical (unpaired) electrons. The Morgan fingerprint density at radius 2 is 2.04 bits per heavy atom. The van der Waals surface area contributed by atoms with E-state index in [0.717, 1.165) is 12.1 Å². The van der Waals surface area contributed by atoms with Crippen molar-refractivity contribution in [1.82, 2.24) is 9.97 Å². The summed E-state index contributed by atoms with van der Waals surface area (Å²) in [5.74, 6) is -0.610. The number of aromatic nitrogens is 2. The molecule has 138 valence electrons. The summed E-state index contributed by atoms with van der Waals surface area (Å²) in [4.78, 5) is 20.8. The van der Waals surface area contributed by atoms with E-state index in [1.54, 1.807) is 4.90 Å². The Kier molecular flexibility index (Phi) is 5.19. The van der Waals surface area contributed by atoms with Crippen molar-refractivity contribution in [3.63, 3.8) is 0 Å². The second kappa shape index (κ2) is 7.38. The molecule has 1 aromatic carbocycles. The zero-order valence-electron chi connectivity index (χ0n) is 14.1. The highest BCUT2D eigenvalue weighted by molar-refractivity contribution is 6.32. The van der Waals surface area contributed by atoms with Crippen molar-refractivity contribution in [2.45, 2.75) is 26.1 Å². The van der Waals surface area contributed by atoms with Crippen LogP contribution >= 0.6 is 11.6 Å². The van der Waals surface area contributed by atoms with Gasteiger partial charge in [0.25, 0.3) is 0 Å². The quantitative estimate of drug-likeness (QED) is 0.589. The Labute approximate surface area is 153 Å². The Morgan fingerprint density at radius 3 is 2.65 bits per heavy atom. The Bertz CT molecular complexity index is 828. The van der Waals surface area contributed by atoms with Gasteiger partial charge in [-0.25, -0.2) is 9.37 Å². The van der Waals surface area contributed by atoms with Crippen LogP contribution in [0.25, 0.3) is 0 Å². The van der Waals surface area contributed by atoms with E-state index in [0.29, 0.717) is 13.1 Å². The van der Waals surface area contributed by atoms with Crippen molar-refractivity contribution in [3.8, 4) is 11.6 Å². The van der Waals surface area contributed by atoms with Gasteiger partial charge in [-0.15, -0.1) is 0 Å². The maximum atomic E-state index is 13.2. The molecule has 2 aromatic rings. The van der Waals surface area contributed by atoms with Gasteiger partial charge in [0.15, 0.2) is 0 Å². The van der Waals surface area contributed by atoms with Gasteiger partial charge in [-0.3, -0.25) is 10.1 Å². The van der Waals surface area contributed by atoms with Crippen LogP contribution in [0.5, 0.6) is 11.6 Å². The summed E-state index contributed by atoms with van der Waals surface area (Å²) < 4.78 is 24.3. The highest BCUT2D eigenvalue weighted by Crippen LogP contribution is 2.38. The number of nitro groups is 1. The molecule has 0 saturated carbocycles. The van der Waals surface area contributed by atoms with Crippen molar-refractivity contribution in [2.75, 3.05) is 18.0 Å². The number of hydrogen-bond acceptors (Lipinski definition) is 7. The van der Waals surface area contributed by atoms with E-state index in [1.807, 2.05) is 13.8 Å². The molecule has 2 atom stereocenters. The molecule has 1 aliphatic heterocycles. The van der Waals surface area contributed by atoms with E-state index in [1.165, 1.54) is 12.4 Å². The third-order valence-electron chi connectivity index (χ3n) is 3.77. The van der Waals surface area contributed by atoms with Gasteiger partial charge in [0.1, 0.15) is 17.9 Å². The third kappa shape index (κ3) is 3.83. The molecular weight excluding hydrogens is 367 g/mol. The molecule has 3 rings (SSSR count). The highest BCUT2D eigenvalue weighted by Gasteiger charge is 2.33. The second-order valence-corrected chi connectivity index (χ2v) is 6.35. The van der Waals surface area contributed by atoms with Gasteiger partial charge >= 0.3 is 11.6 Å². The van der Waals surface area contributed by atoms with Crippen LogP contribution in [-0.4, -0.2) is 40.2 Å². The van der Waals surface area contributed by atoms with Crippen LogP contribution in [0.2, 0.25) is 5.02 Å². The number of benzene rings is 1. The van der Waals surface area contributed by atoms with Crippen LogP contribution in [0.1, 0.15) is 13.8 Å². The summed E-state index contributed by atoms with van der Waals surface area (Å²) in [7, 11) is 0. The Balaban J connectivity index is 2.00. The van der Waals surface area contributed by atoms with Crippen molar-refractivity contribution in [3.05, 3.63) is 45.5 Å². The minimum Gasteiger partial charge on any atom is -0.432 e. The van der Waals surface area contributed by atoms with Gasteiger partial charge in [0.05, 0.1) is 22.2 Å². The molecule has 2 unspecified atom stereocenters. The lowest BCUT2D eigenvalue weighted by Gasteiger charge is -2.35. The van der Waals surface area contributed by atoms with Gasteiger partial charge in [0, 0.05) is 13.1 Å². The molecule has 0 amide bonds. The standard InChI is InChI=1S/C16H16ClFN4O4/c1-9-6-21(7-10(2)25-9)15-14(22(23)24)16(20-8-19-15)26-13-4-3-11(18)5-12(13)17/h3-5,8-10H,6-7H2,1-2H3. The summed E-state index contributed by atoms with van der Waals surface area (Å²) in [5.41, 5.74) is -0.380. The van der Waals surface area contributed by atoms with E-state index < -0.39 is 10.7 Å². The number of rotatable bonds is 4. The number of morpholine rings is 1. The Hall–Kier alpha value is -2.52. The molecule has 26 heavy (non-hydrogen) atoms. The molecule has 0 N–H and O–H groups in total. The van der Waals surface area contributed by atoms with Crippen LogP contribution in [0, 0.1) is 15.9 Å². The fourth-order valence-electron chi connectivity index (χ4n) is 2.83. The third-order valence-corrected chi connectivity index (χ3v) is 4.07. The van der Waals surface area contributed by atoms with Crippen LogP contribution in [0.4, 0.5) is 15.9 Å². The first kappa shape index (κ1) is 18.3. The molecule has 2 heterocycles. The SMILES string of the molecule is CC1CN(c2ncnc(Oc3ccc(F)cc3Cl)c2[N+](=O)[O-])CC(C)O1. The van der Waals surface area contributed by atoms with Crippen LogP contribution in [-0.2, 0) is 4.74 Å². The first-order valence-electron chi connectivity index (χ1n) is 7.88. The average molecular weight is 383 g/mol. The summed E-state index contributed by atoms with van der Waals surface area (Å²) in [6, 6.07) is 3.47. The molecular formula is C16H16ClFN4O4. The highest BCUT2D eigenvalue weighted by atomic mass is 35.5. The minimum absolute atomic E-state index is 0.0203. The number of nitrogens with zero attached hydrogens (tertiary/aromatic N) is 4. The van der Waals surface area contributed by atoms with Gasteiger partial charge < -0.3 is 14.4 Å². The molecule has 0 aliphatic carbocycles. The zero-order valence-corrected chi connectivity index (χ0v) is 14.8. The van der Waals surface area contributed by atoms with E-state index in [9.17, 15) is 14.5 Å². The van der Waals surface area contributed by atoms with E-state index in [4.69, 9.17) is 21.1 Å². The molecule has 0 bridgehead atoms. The van der Waals surface area contributed by atoms with E-state index in [-0.39, 0.29) is 40.4 Å². The van der Waals surface area contributed by atoms with Crippen molar-refractivity contribution in [1.29, 1.82) is 0 Å². The van der Waals surface area contributed by atoms with E-state index in [2.05, 4.69) is 9.97 Å². The predicted molar refractivity (Wildman–Crippen MR) is 92.4 cm³/mol. The Morgan fingerprint density at radius 1 is 1.35 bits per heavy atom. The molecule has 1 aromatic heterocycles. The minimum atomic E-state index is -0.604. The first-order chi connectivity index (χ1) is 12.3. The van der Waals surface area contributed by atoms with Gasteiger partial charge in [-0.05, 0) is 32.0 Å². The molecule has 1 aliphatic rings. The fourth-order valence-corrected chi connectivity index (χ4v) is 3.04.